The van der Waals surface area contributed by atoms with Crippen molar-refractivity contribution >= 4 is 31.1 Å². The van der Waals surface area contributed by atoms with Gasteiger partial charge < -0.3 is 4.74 Å². The summed E-state index contributed by atoms with van der Waals surface area (Å²) in [5, 5.41) is 0. The molecule has 1 N–H and O–H groups in total. The average molecular weight is 450 g/mol. The summed E-state index contributed by atoms with van der Waals surface area (Å²) in [6.07, 6.45) is 2.88. The zero-order chi connectivity index (χ0) is 21.5. The molecule has 1 aliphatic rings. The Labute approximate surface area is 176 Å². The highest BCUT2D eigenvalue weighted by molar-refractivity contribution is 7.90. The summed E-state index contributed by atoms with van der Waals surface area (Å²) < 4.78 is 60.3. The predicted molar refractivity (Wildman–Crippen MR) is 112 cm³/mol. The van der Waals surface area contributed by atoms with Crippen molar-refractivity contribution in [2.75, 3.05) is 13.2 Å². The predicted octanol–water partition coefficient (Wildman–Crippen LogP) is 2.35. The Balaban J connectivity index is 1.61. The molecule has 0 aliphatic carbocycles. The Hall–Kier alpha value is -2.27. The molecule has 0 bridgehead atoms. The van der Waals surface area contributed by atoms with E-state index >= 15 is 0 Å². The van der Waals surface area contributed by atoms with Crippen molar-refractivity contribution in [3.05, 3.63) is 53.9 Å². The molecular weight excluding hydrogens is 426 g/mol. The number of nitrogens with one attached hydrogen (secondary N) is 1. The maximum absolute atomic E-state index is 13.1. The van der Waals surface area contributed by atoms with Crippen LogP contribution < -0.4 is 4.72 Å². The van der Waals surface area contributed by atoms with Crippen molar-refractivity contribution in [3.63, 3.8) is 0 Å². The standard InChI is InChI=1S/C20H23N3O5S2/c1-14-10-19-20(11-15(14)2)23(13-21-19)30(26,27)18-7-5-17(6-8-18)29(24,25)22-12-16-4-3-9-28-16/h5-8,10-11,13,16,22H,3-4,9,12H2,1-2H3. The molecule has 0 radical (unpaired) electrons. The number of nitrogens with zero attached hydrogens (tertiary/aromatic N) is 2. The molecule has 1 atom stereocenters. The summed E-state index contributed by atoms with van der Waals surface area (Å²) in [4.78, 5) is 4.18. The monoisotopic (exact) mass is 449 g/mol. The van der Waals surface area contributed by atoms with Crippen LogP contribution in [0.2, 0.25) is 0 Å². The van der Waals surface area contributed by atoms with Gasteiger partial charge in [-0.1, -0.05) is 0 Å². The van der Waals surface area contributed by atoms with Gasteiger partial charge in [0.1, 0.15) is 6.33 Å². The molecule has 8 nitrogen and oxygen atoms in total. The maximum atomic E-state index is 13.1. The van der Waals surface area contributed by atoms with E-state index in [0.29, 0.717) is 17.6 Å². The molecule has 0 spiro atoms. The summed E-state index contributed by atoms with van der Waals surface area (Å²) in [6, 6.07) is 8.79. The van der Waals surface area contributed by atoms with Crippen molar-refractivity contribution in [1.29, 1.82) is 0 Å². The quantitative estimate of drug-likeness (QED) is 0.619. The highest BCUT2D eigenvalue weighted by Gasteiger charge is 2.23. The van der Waals surface area contributed by atoms with Gasteiger partial charge in [-0.3, -0.25) is 0 Å². The van der Waals surface area contributed by atoms with Gasteiger partial charge in [0.15, 0.2) is 0 Å². The lowest BCUT2D eigenvalue weighted by atomic mass is 10.1. The fraction of sp³-hybridized carbons (Fsp3) is 0.350. The number of ether oxygens (including phenoxy) is 1. The molecule has 2 heterocycles. The fourth-order valence-corrected chi connectivity index (χ4v) is 5.78. The summed E-state index contributed by atoms with van der Waals surface area (Å²) >= 11 is 0. The summed E-state index contributed by atoms with van der Waals surface area (Å²) in [5.41, 5.74) is 3.04. The van der Waals surface area contributed by atoms with Crippen molar-refractivity contribution in [1.82, 2.24) is 13.7 Å². The number of hydrogen-bond acceptors (Lipinski definition) is 6. The molecule has 1 unspecified atom stereocenters. The zero-order valence-electron chi connectivity index (χ0n) is 16.7. The van der Waals surface area contributed by atoms with Gasteiger partial charge >= 0.3 is 0 Å². The van der Waals surface area contributed by atoms with Crippen LogP contribution in [0.4, 0.5) is 0 Å². The topological polar surface area (TPSA) is 107 Å². The summed E-state index contributed by atoms with van der Waals surface area (Å²) in [6.45, 7) is 4.68. The van der Waals surface area contributed by atoms with Crippen LogP contribution >= 0.6 is 0 Å². The maximum Gasteiger partial charge on any atom is 0.269 e. The normalized spacial score (nSPS) is 17.6. The van der Waals surface area contributed by atoms with E-state index in [4.69, 9.17) is 4.74 Å². The highest BCUT2D eigenvalue weighted by Crippen LogP contribution is 2.24. The van der Waals surface area contributed by atoms with Crippen LogP contribution in [0, 0.1) is 13.8 Å². The van der Waals surface area contributed by atoms with Crippen LogP contribution in [-0.4, -0.2) is 45.0 Å². The van der Waals surface area contributed by atoms with E-state index in [2.05, 4.69) is 9.71 Å². The second-order valence-electron chi connectivity index (χ2n) is 7.43. The lowest BCUT2D eigenvalue weighted by Gasteiger charge is -2.12. The SMILES string of the molecule is Cc1cc2ncn(S(=O)(=O)c3ccc(S(=O)(=O)NCC4CCCO4)cc3)c2cc1C. The first-order valence-corrected chi connectivity index (χ1v) is 12.5. The fourth-order valence-electron chi connectivity index (χ4n) is 3.43. The summed E-state index contributed by atoms with van der Waals surface area (Å²) in [5.74, 6) is 0. The number of aromatic nitrogens is 2. The molecule has 0 amide bonds. The lowest BCUT2D eigenvalue weighted by molar-refractivity contribution is 0.114. The van der Waals surface area contributed by atoms with E-state index in [0.717, 1.165) is 27.9 Å². The van der Waals surface area contributed by atoms with Crippen LogP contribution in [0.3, 0.4) is 0 Å². The van der Waals surface area contributed by atoms with E-state index in [1.54, 1.807) is 6.07 Å². The molecule has 1 aliphatic heterocycles. The van der Waals surface area contributed by atoms with Gasteiger partial charge in [0.05, 0.1) is 26.9 Å². The van der Waals surface area contributed by atoms with Crippen LogP contribution in [0.1, 0.15) is 24.0 Å². The molecule has 3 aromatic rings. The third kappa shape index (κ3) is 3.87. The van der Waals surface area contributed by atoms with Gasteiger partial charge in [-0.05, 0) is 74.2 Å². The molecule has 1 saturated heterocycles. The number of rotatable bonds is 6. The lowest BCUT2D eigenvalue weighted by Crippen LogP contribution is -2.31. The average Bonchev–Trinajstić information content (AvgIpc) is 3.37. The Morgan fingerprint density at radius 1 is 1.07 bits per heavy atom. The highest BCUT2D eigenvalue weighted by atomic mass is 32.2. The first-order chi connectivity index (χ1) is 14.2. The second-order valence-corrected chi connectivity index (χ2v) is 11.0. The molecule has 1 aromatic heterocycles. The Kier molecular flexibility index (Phi) is 5.43. The molecular formula is C20H23N3O5S2. The van der Waals surface area contributed by atoms with E-state index < -0.39 is 20.0 Å². The van der Waals surface area contributed by atoms with Gasteiger partial charge in [0, 0.05) is 13.2 Å². The molecule has 30 heavy (non-hydrogen) atoms. The van der Waals surface area contributed by atoms with Crippen LogP contribution in [0.15, 0.2) is 52.5 Å². The van der Waals surface area contributed by atoms with E-state index in [9.17, 15) is 16.8 Å². The number of imidazole rings is 1. The zero-order valence-corrected chi connectivity index (χ0v) is 18.3. The van der Waals surface area contributed by atoms with Gasteiger partial charge in [-0.15, -0.1) is 0 Å². The largest absolute Gasteiger partial charge is 0.377 e. The minimum Gasteiger partial charge on any atom is -0.377 e. The molecule has 10 heteroatoms. The second kappa shape index (κ2) is 7.77. The van der Waals surface area contributed by atoms with Gasteiger partial charge in [-0.2, -0.15) is 0 Å². The third-order valence-electron chi connectivity index (χ3n) is 5.35. The van der Waals surface area contributed by atoms with E-state index in [-0.39, 0.29) is 22.4 Å². The van der Waals surface area contributed by atoms with Crippen molar-refractivity contribution in [2.45, 2.75) is 42.6 Å². The third-order valence-corrected chi connectivity index (χ3v) is 8.46. The molecule has 2 aromatic carbocycles. The van der Waals surface area contributed by atoms with Crippen LogP contribution in [0.25, 0.3) is 11.0 Å². The molecule has 1 fully saturated rings. The smallest absolute Gasteiger partial charge is 0.269 e. The number of fused-ring (bicyclic) bond motifs is 1. The number of sulfonamides is 1. The van der Waals surface area contributed by atoms with Crippen molar-refractivity contribution in [3.8, 4) is 0 Å². The first-order valence-electron chi connectivity index (χ1n) is 9.60. The number of aryl methyl sites for hydroxylation is 2. The van der Waals surface area contributed by atoms with Crippen molar-refractivity contribution < 1.29 is 21.6 Å². The Bertz CT molecular complexity index is 1290. The minimum absolute atomic E-state index is 0.00130. The Morgan fingerprint density at radius 2 is 1.73 bits per heavy atom. The van der Waals surface area contributed by atoms with Crippen LogP contribution in [0.5, 0.6) is 0 Å². The number of hydrogen-bond donors (Lipinski definition) is 1. The van der Waals surface area contributed by atoms with E-state index in [1.807, 2.05) is 19.9 Å². The molecule has 160 valence electrons. The van der Waals surface area contributed by atoms with Crippen LogP contribution in [-0.2, 0) is 24.8 Å². The number of benzene rings is 2. The first kappa shape index (κ1) is 21.0. The minimum atomic E-state index is -3.92. The molecule has 4 rings (SSSR count). The summed E-state index contributed by atoms with van der Waals surface area (Å²) in [7, 11) is -7.67. The van der Waals surface area contributed by atoms with E-state index in [1.165, 1.54) is 30.6 Å². The van der Waals surface area contributed by atoms with Crippen molar-refractivity contribution in [2.24, 2.45) is 0 Å². The Morgan fingerprint density at radius 3 is 2.40 bits per heavy atom. The van der Waals surface area contributed by atoms with Gasteiger partial charge in [0.25, 0.3) is 10.0 Å². The molecule has 0 saturated carbocycles. The van der Waals surface area contributed by atoms with Gasteiger partial charge in [0.2, 0.25) is 10.0 Å². The van der Waals surface area contributed by atoms with Gasteiger partial charge in [-0.25, -0.2) is 30.5 Å².